The fourth-order valence-electron chi connectivity index (χ4n) is 2.15. The summed E-state index contributed by atoms with van der Waals surface area (Å²) in [6, 6.07) is 17.6. The largest absolute Gasteiger partial charge is 0.333 e. The zero-order valence-corrected chi connectivity index (χ0v) is 14.6. The zero-order valence-electron chi connectivity index (χ0n) is 13.0. The number of benzene rings is 2. The summed E-state index contributed by atoms with van der Waals surface area (Å²) in [6.45, 7) is 2.18. The summed E-state index contributed by atoms with van der Waals surface area (Å²) in [7, 11) is 4.04. The van der Waals surface area contributed by atoms with Crippen molar-refractivity contribution in [3.63, 3.8) is 0 Å². The monoisotopic (exact) mass is 360 g/mol. The highest BCUT2D eigenvalue weighted by atomic mass is 79.9. The Labute approximate surface area is 140 Å². The lowest BCUT2D eigenvalue weighted by molar-refractivity contribution is 0.0732. The van der Waals surface area contributed by atoms with Gasteiger partial charge in [0.15, 0.2) is 0 Å². The maximum Gasteiger partial charge on any atom is 0.254 e. The molecule has 4 heteroatoms. The number of amides is 1. The molecule has 0 radical (unpaired) electrons. The van der Waals surface area contributed by atoms with Gasteiger partial charge in [0, 0.05) is 29.7 Å². The first-order chi connectivity index (χ1) is 10.6. The average Bonchev–Trinajstić information content (AvgIpc) is 2.52. The lowest BCUT2D eigenvalue weighted by Crippen LogP contribution is -2.36. The van der Waals surface area contributed by atoms with E-state index < -0.39 is 0 Å². The standard InChI is InChI=1S/C18H21BrN2O/c1-20(2)12-13-21(14-15-6-4-3-5-7-15)18(22)16-8-10-17(19)11-9-16/h3-11H,12-14H2,1-2H3. The Morgan fingerprint density at radius 1 is 0.955 bits per heavy atom. The first kappa shape index (κ1) is 16.7. The van der Waals surface area contributed by atoms with Gasteiger partial charge in [0.1, 0.15) is 0 Å². The van der Waals surface area contributed by atoms with Crippen LogP contribution in [-0.4, -0.2) is 42.9 Å². The molecule has 0 saturated carbocycles. The third-order valence-electron chi connectivity index (χ3n) is 3.41. The summed E-state index contributed by atoms with van der Waals surface area (Å²) in [6.07, 6.45) is 0. The molecular formula is C18H21BrN2O. The van der Waals surface area contributed by atoms with Gasteiger partial charge < -0.3 is 9.80 Å². The normalized spacial score (nSPS) is 10.7. The molecular weight excluding hydrogens is 340 g/mol. The van der Waals surface area contributed by atoms with E-state index in [2.05, 4.69) is 33.0 Å². The van der Waals surface area contributed by atoms with Crippen molar-refractivity contribution in [1.82, 2.24) is 9.80 Å². The van der Waals surface area contributed by atoms with Crippen LogP contribution in [0.15, 0.2) is 59.1 Å². The number of carbonyl (C=O) groups excluding carboxylic acids is 1. The Balaban J connectivity index is 2.15. The van der Waals surface area contributed by atoms with E-state index in [-0.39, 0.29) is 5.91 Å². The first-order valence-corrected chi connectivity index (χ1v) is 8.09. The lowest BCUT2D eigenvalue weighted by atomic mass is 10.1. The summed E-state index contributed by atoms with van der Waals surface area (Å²) in [5.41, 5.74) is 1.87. The molecule has 1 amide bonds. The van der Waals surface area contributed by atoms with E-state index in [0.717, 1.165) is 22.1 Å². The Bertz CT molecular complexity index is 596. The van der Waals surface area contributed by atoms with Gasteiger partial charge in [0.05, 0.1) is 0 Å². The maximum atomic E-state index is 12.8. The zero-order chi connectivity index (χ0) is 15.9. The van der Waals surface area contributed by atoms with Crippen molar-refractivity contribution >= 4 is 21.8 Å². The minimum atomic E-state index is 0.0678. The van der Waals surface area contributed by atoms with Crippen molar-refractivity contribution in [2.75, 3.05) is 27.2 Å². The number of rotatable bonds is 6. The predicted octanol–water partition coefficient (Wildman–Crippen LogP) is 3.65. The molecule has 0 fully saturated rings. The fraction of sp³-hybridized carbons (Fsp3) is 0.278. The molecule has 0 saturated heterocycles. The third-order valence-corrected chi connectivity index (χ3v) is 3.94. The molecule has 0 bridgehead atoms. The Morgan fingerprint density at radius 2 is 1.59 bits per heavy atom. The van der Waals surface area contributed by atoms with Crippen LogP contribution in [0.4, 0.5) is 0 Å². The molecule has 0 aliphatic heterocycles. The Morgan fingerprint density at radius 3 is 2.18 bits per heavy atom. The highest BCUT2D eigenvalue weighted by Gasteiger charge is 2.16. The van der Waals surface area contributed by atoms with E-state index in [4.69, 9.17) is 0 Å². The molecule has 3 nitrogen and oxygen atoms in total. The third kappa shape index (κ3) is 4.97. The lowest BCUT2D eigenvalue weighted by Gasteiger charge is -2.24. The minimum absolute atomic E-state index is 0.0678. The molecule has 0 aliphatic rings. The van der Waals surface area contributed by atoms with Crippen LogP contribution in [0.25, 0.3) is 0 Å². The smallest absolute Gasteiger partial charge is 0.254 e. The van der Waals surface area contributed by atoms with Gasteiger partial charge in [-0.2, -0.15) is 0 Å². The molecule has 116 valence electrons. The first-order valence-electron chi connectivity index (χ1n) is 7.30. The Kier molecular flexibility index (Phi) is 6.16. The fourth-order valence-corrected chi connectivity index (χ4v) is 2.42. The molecule has 0 unspecified atom stereocenters. The van der Waals surface area contributed by atoms with Crippen molar-refractivity contribution in [2.45, 2.75) is 6.54 Å². The van der Waals surface area contributed by atoms with Crippen LogP contribution in [0.2, 0.25) is 0 Å². The molecule has 0 aromatic heterocycles. The number of likely N-dealkylation sites (N-methyl/N-ethyl adjacent to an activating group) is 1. The summed E-state index contributed by atoms with van der Waals surface area (Å²) in [4.78, 5) is 16.8. The van der Waals surface area contributed by atoms with Crippen molar-refractivity contribution in [3.8, 4) is 0 Å². The molecule has 2 aromatic carbocycles. The van der Waals surface area contributed by atoms with Gasteiger partial charge in [-0.05, 0) is 43.9 Å². The highest BCUT2D eigenvalue weighted by molar-refractivity contribution is 9.10. The minimum Gasteiger partial charge on any atom is -0.333 e. The summed E-state index contributed by atoms with van der Waals surface area (Å²) < 4.78 is 0.979. The number of hydrogen-bond acceptors (Lipinski definition) is 2. The van der Waals surface area contributed by atoms with Gasteiger partial charge in [-0.3, -0.25) is 4.79 Å². The van der Waals surface area contributed by atoms with Crippen molar-refractivity contribution in [3.05, 3.63) is 70.2 Å². The van der Waals surface area contributed by atoms with Gasteiger partial charge in [-0.15, -0.1) is 0 Å². The quantitative estimate of drug-likeness (QED) is 0.784. The molecule has 0 atom stereocenters. The van der Waals surface area contributed by atoms with E-state index in [9.17, 15) is 4.79 Å². The van der Waals surface area contributed by atoms with E-state index in [1.54, 1.807) is 0 Å². The molecule has 22 heavy (non-hydrogen) atoms. The van der Waals surface area contributed by atoms with E-state index in [1.165, 1.54) is 0 Å². The van der Waals surface area contributed by atoms with Gasteiger partial charge >= 0.3 is 0 Å². The Hall–Kier alpha value is -1.65. The maximum absolute atomic E-state index is 12.8. The van der Waals surface area contributed by atoms with Crippen LogP contribution in [0.1, 0.15) is 15.9 Å². The summed E-state index contributed by atoms with van der Waals surface area (Å²) in [5, 5.41) is 0. The van der Waals surface area contributed by atoms with Gasteiger partial charge in [-0.25, -0.2) is 0 Å². The van der Waals surface area contributed by atoms with Crippen molar-refractivity contribution in [2.24, 2.45) is 0 Å². The SMILES string of the molecule is CN(C)CCN(Cc1ccccc1)C(=O)c1ccc(Br)cc1. The van der Waals surface area contributed by atoms with Crippen LogP contribution < -0.4 is 0 Å². The number of halogens is 1. The van der Waals surface area contributed by atoms with E-state index in [0.29, 0.717) is 13.1 Å². The molecule has 0 N–H and O–H groups in total. The summed E-state index contributed by atoms with van der Waals surface area (Å²) in [5.74, 6) is 0.0678. The second-order valence-corrected chi connectivity index (χ2v) is 6.44. The molecule has 0 spiro atoms. The van der Waals surface area contributed by atoms with Crippen LogP contribution in [-0.2, 0) is 6.54 Å². The average molecular weight is 361 g/mol. The topological polar surface area (TPSA) is 23.6 Å². The highest BCUT2D eigenvalue weighted by Crippen LogP contribution is 2.14. The summed E-state index contributed by atoms with van der Waals surface area (Å²) >= 11 is 3.40. The predicted molar refractivity (Wildman–Crippen MR) is 93.9 cm³/mol. The van der Waals surface area contributed by atoms with Gasteiger partial charge in [-0.1, -0.05) is 46.3 Å². The van der Waals surface area contributed by atoms with E-state index >= 15 is 0 Å². The second-order valence-electron chi connectivity index (χ2n) is 5.52. The number of nitrogens with zero attached hydrogens (tertiary/aromatic N) is 2. The van der Waals surface area contributed by atoms with Crippen LogP contribution >= 0.6 is 15.9 Å². The van der Waals surface area contributed by atoms with Crippen LogP contribution in [0.3, 0.4) is 0 Å². The molecule has 0 heterocycles. The molecule has 0 aliphatic carbocycles. The van der Waals surface area contributed by atoms with Crippen molar-refractivity contribution in [1.29, 1.82) is 0 Å². The van der Waals surface area contributed by atoms with Gasteiger partial charge in [0.25, 0.3) is 5.91 Å². The molecule has 2 rings (SSSR count). The number of hydrogen-bond donors (Lipinski definition) is 0. The molecule has 2 aromatic rings. The van der Waals surface area contributed by atoms with E-state index in [1.807, 2.05) is 61.5 Å². The number of carbonyl (C=O) groups is 1. The second kappa shape index (κ2) is 8.11. The van der Waals surface area contributed by atoms with Crippen LogP contribution in [0.5, 0.6) is 0 Å². The van der Waals surface area contributed by atoms with Crippen LogP contribution in [0, 0.1) is 0 Å². The van der Waals surface area contributed by atoms with Gasteiger partial charge in [0.2, 0.25) is 0 Å². The van der Waals surface area contributed by atoms with Crippen molar-refractivity contribution < 1.29 is 4.79 Å².